The van der Waals surface area contributed by atoms with Crippen molar-refractivity contribution >= 4 is 29.2 Å². The molecule has 1 aliphatic carbocycles. The average Bonchev–Trinajstić information content (AvgIpc) is 3.04. The van der Waals surface area contributed by atoms with Crippen LogP contribution in [0.1, 0.15) is 80.9 Å². The summed E-state index contributed by atoms with van der Waals surface area (Å²) in [6.07, 6.45) is 3.62. The van der Waals surface area contributed by atoms with E-state index in [2.05, 4.69) is 20.8 Å². The summed E-state index contributed by atoms with van der Waals surface area (Å²) in [4.78, 5) is 32.1. The van der Waals surface area contributed by atoms with Gasteiger partial charge in [0.05, 0.1) is 11.6 Å². The molecule has 0 aromatic heterocycles. The number of hydrogen-bond acceptors (Lipinski definition) is 3. The molecule has 2 aromatic rings. The maximum absolute atomic E-state index is 13.8. The molecule has 174 valence electrons. The quantitative estimate of drug-likeness (QED) is 0.569. The molecule has 5 nitrogen and oxygen atoms in total. The number of rotatable bonds is 4. The van der Waals surface area contributed by atoms with Crippen molar-refractivity contribution in [2.45, 2.75) is 65.1 Å². The number of halogens is 1. The molecule has 1 spiro atoms. The van der Waals surface area contributed by atoms with Crippen LogP contribution in [0.2, 0.25) is 5.02 Å². The number of amides is 1. The molecule has 6 heteroatoms. The Labute approximate surface area is 200 Å². The van der Waals surface area contributed by atoms with Crippen molar-refractivity contribution in [3.63, 3.8) is 0 Å². The summed E-state index contributed by atoms with van der Waals surface area (Å²) < 4.78 is 0. The number of nitrogens with zero attached hydrogens (tertiary/aromatic N) is 2. The Morgan fingerprint density at radius 1 is 1.15 bits per heavy atom. The molecule has 0 bridgehead atoms. The van der Waals surface area contributed by atoms with Crippen molar-refractivity contribution in [2.24, 2.45) is 16.3 Å². The minimum absolute atomic E-state index is 0.0960. The predicted octanol–water partition coefficient (Wildman–Crippen LogP) is 6.36. The lowest BCUT2D eigenvalue weighted by molar-refractivity contribution is -0.132. The van der Waals surface area contributed by atoms with Gasteiger partial charge < -0.3 is 10.0 Å². The highest BCUT2D eigenvalue weighted by atomic mass is 35.5. The normalized spacial score (nSPS) is 24.2. The Balaban J connectivity index is 1.72. The van der Waals surface area contributed by atoms with Crippen molar-refractivity contribution in [1.29, 1.82) is 0 Å². The second kappa shape index (κ2) is 8.60. The van der Waals surface area contributed by atoms with Gasteiger partial charge in [-0.25, -0.2) is 4.79 Å². The van der Waals surface area contributed by atoms with Crippen LogP contribution in [0.4, 0.5) is 0 Å². The van der Waals surface area contributed by atoms with Crippen molar-refractivity contribution in [3.05, 3.63) is 70.2 Å². The SMILES string of the molecule is C[C@H](c1ccc(C(=O)O)cc1)N1C(=O)C(c2cccc(Cl)c2)=NC12CCC(C(C)(C)C)CC2. The van der Waals surface area contributed by atoms with Gasteiger partial charge in [-0.1, -0.05) is 56.6 Å². The summed E-state index contributed by atoms with van der Waals surface area (Å²) >= 11 is 6.22. The lowest BCUT2D eigenvalue weighted by Crippen LogP contribution is -2.50. The van der Waals surface area contributed by atoms with Crippen LogP contribution in [0.3, 0.4) is 0 Å². The first kappa shape index (κ1) is 23.5. The number of carboxylic acid groups (broad SMARTS) is 1. The minimum atomic E-state index is -0.963. The van der Waals surface area contributed by atoms with E-state index < -0.39 is 11.6 Å². The third-order valence-corrected chi connectivity index (χ3v) is 7.56. The van der Waals surface area contributed by atoms with E-state index in [9.17, 15) is 14.7 Å². The van der Waals surface area contributed by atoms with E-state index in [1.54, 1.807) is 36.4 Å². The van der Waals surface area contributed by atoms with E-state index in [4.69, 9.17) is 16.6 Å². The fraction of sp³-hybridized carbons (Fsp3) is 0.444. The Kier molecular flexibility index (Phi) is 6.12. The van der Waals surface area contributed by atoms with Gasteiger partial charge in [-0.2, -0.15) is 0 Å². The molecule has 1 aliphatic heterocycles. The summed E-state index contributed by atoms with van der Waals surface area (Å²) in [6, 6.07) is 13.9. The van der Waals surface area contributed by atoms with Crippen molar-refractivity contribution in [2.75, 3.05) is 0 Å². The molecule has 0 saturated heterocycles. The number of aromatic carboxylic acids is 1. The van der Waals surface area contributed by atoms with Crippen LogP contribution in [0, 0.1) is 11.3 Å². The Bertz CT molecular complexity index is 1090. The Morgan fingerprint density at radius 2 is 1.79 bits per heavy atom. The van der Waals surface area contributed by atoms with E-state index in [1.807, 2.05) is 24.0 Å². The number of aliphatic imine (C=N–C) groups is 1. The van der Waals surface area contributed by atoms with Gasteiger partial charge in [0.2, 0.25) is 0 Å². The molecule has 0 radical (unpaired) electrons. The highest BCUT2D eigenvalue weighted by Gasteiger charge is 2.51. The topological polar surface area (TPSA) is 70.0 Å². The fourth-order valence-corrected chi connectivity index (χ4v) is 5.52. The van der Waals surface area contributed by atoms with Gasteiger partial charge >= 0.3 is 5.97 Å². The van der Waals surface area contributed by atoms with Crippen LogP contribution >= 0.6 is 11.6 Å². The third kappa shape index (κ3) is 4.43. The predicted molar refractivity (Wildman–Crippen MR) is 131 cm³/mol. The van der Waals surface area contributed by atoms with Crippen LogP contribution in [-0.4, -0.2) is 33.3 Å². The first-order valence-corrected chi connectivity index (χ1v) is 11.9. The van der Waals surface area contributed by atoms with Crippen molar-refractivity contribution in [1.82, 2.24) is 4.90 Å². The van der Waals surface area contributed by atoms with Crippen molar-refractivity contribution in [3.8, 4) is 0 Å². The lowest BCUT2D eigenvalue weighted by Gasteiger charge is -2.46. The number of carbonyl (C=O) groups is 2. The zero-order valence-corrected chi connectivity index (χ0v) is 20.4. The average molecular weight is 467 g/mol. The van der Waals surface area contributed by atoms with Gasteiger partial charge in [-0.05, 0) is 73.8 Å². The van der Waals surface area contributed by atoms with E-state index in [0.717, 1.165) is 36.8 Å². The maximum atomic E-state index is 13.8. The monoisotopic (exact) mass is 466 g/mol. The molecule has 2 aromatic carbocycles. The molecule has 2 aliphatic rings. The number of carbonyl (C=O) groups excluding carboxylic acids is 1. The van der Waals surface area contributed by atoms with Gasteiger partial charge in [0.15, 0.2) is 0 Å². The molecule has 1 heterocycles. The summed E-state index contributed by atoms with van der Waals surface area (Å²) in [7, 11) is 0. The molecule has 4 rings (SSSR count). The summed E-state index contributed by atoms with van der Waals surface area (Å²) in [5.41, 5.74) is 1.94. The second-order valence-corrected chi connectivity index (χ2v) is 10.8. The number of benzene rings is 2. The highest BCUT2D eigenvalue weighted by Crippen LogP contribution is 2.49. The second-order valence-electron chi connectivity index (χ2n) is 10.4. The van der Waals surface area contributed by atoms with E-state index in [1.165, 1.54) is 0 Å². The third-order valence-electron chi connectivity index (χ3n) is 7.33. The van der Waals surface area contributed by atoms with Crippen LogP contribution < -0.4 is 0 Å². The first-order chi connectivity index (χ1) is 15.5. The summed E-state index contributed by atoms with van der Waals surface area (Å²) in [5, 5.41) is 9.82. The molecule has 1 N–H and O–H groups in total. The van der Waals surface area contributed by atoms with Crippen LogP contribution in [0.5, 0.6) is 0 Å². The largest absolute Gasteiger partial charge is 0.478 e. The summed E-state index contributed by atoms with van der Waals surface area (Å²) in [6.45, 7) is 8.84. The zero-order chi connectivity index (χ0) is 24.0. The molecular formula is C27H31ClN2O3. The molecular weight excluding hydrogens is 436 g/mol. The van der Waals surface area contributed by atoms with Crippen LogP contribution in [-0.2, 0) is 4.79 Å². The Hall–Kier alpha value is -2.66. The minimum Gasteiger partial charge on any atom is -0.478 e. The Morgan fingerprint density at radius 3 is 2.33 bits per heavy atom. The highest BCUT2D eigenvalue weighted by molar-refractivity contribution is 6.47. The van der Waals surface area contributed by atoms with E-state index in [0.29, 0.717) is 16.7 Å². The molecule has 1 fully saturated rings. The first-order valence-electron chi connectivity index (χ1n) is 11.5. The lowest BCUT2D eigenvalue weighted by atomic mass is 9.69. The standard InChI is InChI=1S/C27H31ClN2O3/c1-17(18-8-10-19(11-9-18)25(32)33)30-24(31)23(20-6-5-7-22(28)16-20)29-27(30)14-12-21(13-15-27)26(2,3)4/h5-11,16-17,21H,12-15H2,1-4H3,(H,32,33)/t17-,21?,27?/m1/s1. The van der Waals surface area contributed by atoms with Crippen molar-refractivity contribution < 1.29 is 14.7 Å². The molecule has 1 amide bonds. The molecule has 0 unspecified atom stereocenters. The van der Waals surface area contributed by atoms with Gasteiger partial charge in [0, 0.05) is 10.6 Å². The van der Waals surface area contributed by atoms with Gasteiger partial charge in [0.25, 0.3) is 5.91 Å². The molecule has 1 atom stereocenters. The molecule has 1 saturated carbocycles. The fourth-order valence-electron chi connectivity index (χ4n) is 5.33. The summed E-state index contributed by atoms with van der Waals surface area (Å²) in [5.74, 6) is -0.480. The molecule has 33 heavy (non-hydrogen) atoms. The van der Waals surface area contributed by atoms with Gasteiger partial charge in [0.1, 0.15) is 11.4 Å². The van der Waals surface area contributed by atoms with Gasteiger partial charge in [-0.3, -0.25) is 9.79 Å². The van der Waals surface area contributed by atoms with E-state index in [-0.39, 0.29) is 22.9 Å². The van der Waals surface area contributed by atoms with Gasteiger partial charge in [-0.15, -0.1) is 0 Å². The maximum Gasteiger partial charge on any atom is 0.335 e. The van der Waals surface area contributed by atoms with Crippen LogP contribution in [0.25, 0.3) is 0 Å². The zero-order valence-electron chi connectivity index (χ0n) is 19.6. The number of hydrogen-bond donors (Lipinski definition) is 1. The van der Waals surface area contributed by atoms with Crippen LogP contribution in [0.15, 0.2) is 53.5 Å². The number of carboxylic acids is 1. The smallest absolute Gasteiger partial charge is 0.335 e. The van der Waals surface area contributed by atoms with E-state index >= 15 is 0 Å².